The molecule has 0 saturated heterocycles. The fraction of sp³-hybridized carbons (Fsp3) is 1.00. The molecule has 0 fully saturated rings. The third kappa shape index (κ3) is 5.88. The lowest BCUT2D eigenvalue weighted by molar-refractivity contribution is 0.00946. The summed E-state index contributed by atoms with van der Waals surface area (Å²) in [5, 5.41) is 0. The summed E-state index contributed by atoms with van der Waals surface area (Å²) in [6.07, 6.45) is 0. The van der Waals surface area contributed by atoms with Gasteiger partial charge >= 0.3 is 0 Å². The molecule has 1 N–H and O–H groups in total. The topological polar surface area (TPSA) is 30.5 Å². The van der Waals surface area contributed by atoms with Gasteiger partial charge in [0.2, 0.25) is 0 Å². The van der Waals surface area contributed by atoms with Gasteiger partial charge in [-0.3, -0.25) is 4.84 Å². The van der Waals surface area contributed by atoms with Crippen LogP contribution in [0, 0.1) is 0 Å². The minimum atomic E-state index is 0.615. The van der Waals surface area contributed by atoms with Crippen LogP contribution in [0.2, 0.25) is 0 Å². The molecule has 0 aliphatic rings. The van der Waals surface area contributed by atoms with Crippen molar-refractivity contribution in [3.8, 4) is 0 Å². The first kappa shape index (κ1) is 7.88. The number of nitrogens with one attached hydrogen (secondary N) is 1. The first-order chi connectivity index (χ1) is 3.91. The number of rotatable bonds is 5. The van der Waals surface area contributed by atoms with Gasteiger partial charge in [-0.05, 0) is 0 Å². The lowest BCUT2D eigenvalue weighted by atomic mass is 10.8. The molecule has 8 heavy (non-hydrogen) atoms. The maximum atomic E-state index is 4.85. The third-order valence-corrected chi connectivity index (χ3v) is 0.636. The molecule has 0 radical (unpaired) electrons. The summed E-state index contributed by atoms with van der Waals surface area (Å²) in [5.74, 6) is 0. The van der Waals surface area contributed by atoms with Crippen molar-refractivity contribution in [1.29, 1.82) is 0 Å². The molecule has 50 valence electrons. The van der Waals surface area contributed by atoms with Crippen LogP contribution < -0.4 is 5.48 Å². The predicted octanol–water partition coefficient (Wildman–Crippen LogP) is 0.174. The van der Waals surface area contributed by atoms with Gasteiger partial charge < -0.3 is 4.74 Å². The van der Waals surface area contributed by atoms with Crippen molar-refractivity contribution in [3.63, 3.8) is 0 Å². The lowest BCUT2D eigenvalue weighted by Gasteiger charge is -1.99. The van der Waals surface area contributed by atoms with Crippen LogP contribution in [-0.4, -0.2) is 26.9 Å². The zero-order chi connectivity index (χ0) is 6.24. The second-order valence-electron chi connectivity index (χ2n) is 1.34. The molecular weight excluding hydrogens is 106 g/mol. The lowest BCUT2D eigenvalue weighted by Crippen LogP contribution is -2.16. The molecule has 0 aromatic heterocycles. The number of hydroxylamine groups is 1. The molecule has 0 aromatic rings. The van der Waals surface area contributed by atoms with E-state index in [-0.39, 0.29) is 0 Å². The second kappa shape index (κ2) is 6.88. The second-order valence-corrected chi connectivity index (χ2v) is 1.34. The van der Waals surface area contributed by atoms with Gasteiger partial charge in [-0.1, -0.05) is 6.92 Å². The van der Waals surface area contributed by atoms with Gasteiger partial charge in [0, 0.05) is 13.7 Å². The van der Waals surface area contributed by atoms with Gasteiger partial charge in [-0.15, -0.1) is 0 Å². The molecule has 0 saturated carbocycles. The molecular formula is C5H13NO2. The number of ether oxygens (including phenoxy) is 1. The van der Waals surface area contributed by atoms with E-state index >= 15 is 0 Å². The Morgan fingerprint density at radius 3 is 2.62 bits per heavy atom. The van der Waals surface area contributed by atoms with Crippen molar-refractivity contribution >= 4 is 0 Å². The molecule has 0 atom stereocenters. The zero-order valence-corrected chi connectivity index (χ0v) is 5.44. The Hall–Kier alpha value is -0.120. The highest BCUT2D eigenvalue weighted by molar-refractivity contribution is 4.21. The summed E-state index contributed by atoms with van der Waals surface area (Å²) in [6, 6.07) is 0. The number of hydrogen-bond donors (Lipinski definition) is 1. The summed E-state index contributed by atoms with van der Waals surface area (Å²) < 4.78 is 4.72. The minimum Gasteiger partial charge on any atom is -0.382 e. The van der Waals surface area contributed by atoms with E-state index in [9.17, 15) is 0 Å². The summed E-state index contributed by atoms with van der Waals surface area (Å²) in [4.78, 5) is 4.85. The number of hydrogen-bond acceptors (Lipinski definition) is 3. The van der Waals surface area contributed by atoms with E-state index in [0.29, 0.717) is 13.2 Å². The Labute approximate surface area is 49.9 Å². The molecule has 0 bridgehead atoms. The highest BCUT2D eigenvalue weighted by Crippen LogP contribution is 1.67. The van der Waals surface area contributed by atoms with E-state index in [1.54, 1.807) is 7.11 Å². The van der Waals surface area contributed by atoms with Crippen LogP contribution in [0.1, 0.15) is 6.92 Å². The minimum absolute atomic E-state index is 0.615. The van der Waals surface area contributed by atoms with Crippen LogP contribution in [0.25, 0.3) is 0 Å². The normalized spacial score (nSPS) is 9.75. The Kier molecular flexibility index (Phi) is 6.78. The van der Waals surface area contributed by atoms with E-state index in [2.05, 4.69) is 5.48 Å². The van der Waals surface area contributed by atoms with Crippen molar-refractivity contribution < 1.29 is 9.57 Å². The highest BCUT2D eigenvalue weighted by atomic mass is 16.7. The molecule has 0 rings (SSSR count). The Balaban J connectivity index is 2.53. The Morgan fingerprint density at radius 2 is 2.12 bits per heavy atom. The molecule has 0 aromatic carbocycles. The molecule has 0 unspecified atom stereocenters. The fourth-order valence-corrected chi connectivity index (χ4v) is 0.299. The van der Waals surface area contributed by atoms with Gasteiger partial charge in [0.15, 0.2) is 0 Å². The standard InChI is InChI=1S/C5H13NO2/c1-3-6-8-5-4-7-2/h6H,3-5H2,1-2H3. The molecule has 3 heteroatoms. The van der Waals surface area contributed by atoms with Crippen molar-refractivity contribution in [2.24, 2.45) is 0 Å². The summed E-state index contributed by atoms with van der Waals surface area (Å²) in [5.41, 5.74) is 2.70. The van der Waals surface area contributed by atoms with Crippen molar-refractivity contribution in [3.05, 3.63) is 0 Å². The first-order valence-corrected chi connectivity index (χ1v) is 2.75. The van der Waals surface area contributed by atoms with Crippen molar-refractivity contribution in [2.75, 3.05) is 26.9 Å². The quantitative estimate of drug-likeness (QED) is 0.413. The summed E-state index contributed by atoms with van der Waals surface area (Å²) in [7, 11) is 1.65. The number of methoxy groups -OCH3 is 1. The van der Waals surface area contributed by atoms with Crippen LogP contribution in [0.3, 0.4) is 0 Å². The monoisotopic (exact) mass is 119 g/mol. The van der Waals surface area contributed by atoms with E-state index in [0.717, 1.165) is 6.54 Å². The van der Waals surface area contributed by atoms with Crippen molar-refractivity contribution in [1.82, 2.24) is 5.48 Å². The van der Waals surface area contributed by atoms with E-state index < -0.39 is 0 Å². The van der Waals surface area contributed by atoms with Gasteiger partial charge in [0.25, 0.3) is 0 Å². The van der Waals surface area contributed by atoms with Crippen LogP contribution in [0.4, 0.5) is 0 Å². The largest absolute Gasteiger partial charge is 0.382 e. The molecule has 3 nitrogen and oxygen atoms in total. The van der Waals surface area contributed by atoms with Gasteiger partial charge in [0.1, 0.15) is 0 Å². The zero-order valence-electron chi connectivity index (χ0n) is 5.44. The van der Waals surface area contributed by atoms with Gasteiger partial charge in [0.05, 0.1) is 13.2 Å². The average molecular weight is 119 g/mol. The predicted molar refractivity (Wildman–Crippen MR) is 31.5 cm³/mol. The van der Waals surface area contributed by atoms with Gasteiger partial charge in [-0.25, -0.2) is 5.48 Å². The maximum Gasteiger partial charge on any atom is 0.0915 e. The molecule has 0 aliphatic carbocycles. The van der Waals surface area contributed by atoms with E-state index in [1.807, 2.05) is 6.92 Å². The highest BCUT2D eigenvalue weighted by Gasteiger charge is 1.80. The van der Waals surface area contributed by atoms with Crippen LogP contribution in [0.15, 0.2) is 0 Å². The summed E-state index contributed by atoms with van der Waals surface area (Å²) >= 11 is 0. The Bertz CT molecular complexity index is 35.4. The van der Waals surface area contributed by atoms with Gasteiger partial charge in [-0.2, -0.15) is 0 Å². The molecule has 0 aliphatic heterocycles. The van der Waals surface area contributed by atoms with Crippen molar-refractivity contribution in [2.45, 2.75) is 6.92 Å². The van der Waals surface area contributed by atoms with Crippen LogP contribution >= 0.6 is 0 Å². The smallest absolute Gasteiger partial charge is 0.0915 e. The molecule has 0 heterocycles. The van der Waals surface area contributed by atoms with Crippen LogP contribution in [0.5, 0.6) is 0 Å². The Morgan fingerprint density at radius 1 is 1.38 bits per heavy atom. The third-order valence-electron chi connectivity index (χ3n) is 0.636. The van der Waals surface area contributed by atoms with E-state index in [4.69, 9.17) is 9.57 Å². The maximum absolute atomic E-state index is 4.85. The molecule has 0 spiro atoms. The van der Waals surface area contributed by atoms with Crippen LogP contribution in [-0.2, 0) is 9.57 Å². The first-order valence-electron chi connectivity index (χ1n) is 2.75. The summed E-state index contributed by atoms with van der Waals surface area (Å²) in [6.45, 7) is 4.08. The fourth-order valence-electron chi connectivity index (χ4n) is 0.299. The molecule has 0 amide bonds. The van der Waals surface area contributed by atoms with E-state index in [1.165, 1.54) is 0 Å². The average Bonchev–Trinajstić information content (AvgIpc) is 1.81. The SMILES string of the molecule is CCNOCCOC.